The van der Waals surface area contributed by atoms with Crippen molar-refractivity contribution in [3.05, 3.63) is 35.7 Å². The minimum atomic E-state index is -0.241. The number of piperidine rings is 3. The van der Waals surface area contributed by atoms with E-state index in [1.165, 1.54) is 0 Å². The van der Waals surface area contributed by atoms with Gasteiger partial charge in [-0.1, -0.05) is 6.07 Å². The number of esters is 1. The number of nitrogens with zero attached hydrogens (tertiary/aromatic N) is 3. The molecule has 110 valence electrons. The van der Waals surface area contributed by atoms with E-state index in [4.69, 9.17) is 4.74 Å². The smallest absolute Gasteiger partial charge is 0.342 e. The number of hydrogen-bond acceptors (Lipinski definition) is 4. The molecule has 0 N–H and O–H groups in total. The zero-order valence-corrected chi connectivity index (χ0v) is 12.2. The van der Waals surface area contributed by atoms with E-state index in [2.05, 4.69) is 10.00 Å². The van der Waals surface area contributed by atoms with Crippen LogP contribution in [0.15, 0.2) is 24.4 Å². The largest absolute Gasteiger partial charge is 0.457 e. The van der Waals surface area contributed by atoms with Crippen LogP contribution in [-0.4, -0.2) is 46.2 Å². The van der Waals surface area contributed by atoms with Crippen LogP contribution in [0.3, 0.4) is 0 Å². The lowest BCUT2D eigenvalue weighted by Crippen LogP contribution is -2.51. The first-order valence-electron chi connectivity index (χ1n) is 7.59. The van der Waals surface area contributed by atoms with Crippen LogP contribution in [0, 0.1) is 12.8 Å². The molecule has 0 amide bonds. The molecule has 3 saturated heterocycles. The lowest BCUT2D eigenvalue weighted by molar-refractivity contribution is -0.0454. The van der Waals surface area contributed by atoms with Crippen LogP contribution >= 0.6 is 0 Å². The molecular weight excluding hydrogens is 266 g/mol. The van der Waals surface area contributed by atoms with Gasteiger partial charge in [-0.25, -0.2) is 9.31 Å². The number of pyridine rings is 1. The fraction of sp³-hybridized carbons (Fsp3) is 0.500. The fourth-order valence-corrected chi connectivity index (χ4v) is 3.55. The second kappa shape index (κ2) is 4.84. The molecule has 5 heteroatoms. The molecule has 0 spiro atoms. The third kappa shape index (κ3) is 2.12. The van der Waals surface area contributed by atoms with Gasteiger partial charge < -0.3 is 4.74 Å². The first-order valence-corrected chi connectivity index (χ1v) is 7.59. The van der Waals surface area contributed by atoms with Crippen molar-refractivity contribution in [1.29, 1.82) is 0 Å². The van der Waals surface area contributed by atoms with Crippen molar-refractivity contribution >= 4 is 11.5 Å². The monoisotopic (exact) mass is 285 g/mol. The Balaban J connectivity index is 1.58. The maximum atomic E-state index is 12.5. The molecule has 5 heterocycles. The van der Waals surface area contributed by atoms with Gasteiger partial charge in [0.05, 0.1) is 11.7 Å². The van der Waals surface area contributed by atoms with Gasteiger partial charge in [0, 0.05) is 12.2 Å². The fourth-order valence-electron chi connectivity index (χ4n) is 3.55. The van der Waals surface area contributed by atoms with E-state index in [0.29, 0.717) is 11.5 Å². The maximum Gasteiger partial charge on any atom is 0.342 e. The van der Waals surface area contributed by atoms with Crippen molar-refractivity contribution in [2.45, 2.75) is 25.9 Å². The summed E-state index contributed by atoms with van der Waals surface area (Å²) in [7, 11) is 0. The highest BCUT2D eigenvalue weighted by Crippen LogP contribution is 2.30. The second-order valence-electron chi connectivity index (χ2n) is 6.10. The average molecular weight is 285 g/mol. The van der Waals surface area contributed by atoms with E-state index in [1.807, 2.05) is 25.1 Å². The number of rotatable bonds is 2. The van der Waals surface area contributed by atoms with Crippen LogP contribution in [-0.2, 0) is 4.74 Å². The van der Waals surface area contributed by atoms with E-state index in [-0.39, 0.29) is 12.1 Å². The molecule has 1 atom stereocenters. The van der Waals surface area contributed by atoms with E-state index in [9.17, 15) is 4.79 Å². The summed E-state index contributed by atoms with van der Waals surface area (Å²) in [5.74, 6) is 0.289. The third-order valence-corrected chi connectivity index (χ3v) is 4.81. The van der Waals surface area contributed by atoms with Crippen LogP contribution in [0.2, 0.25) is 0 Å². The third-order valence-electron chi connectivity index (χ3n) is 4.81. The van der Waals surface area contributed by atoms with Gasteiger partial charge in [-0.2, -0.15) is 5.10 Å². The first-order chi connectivity index (χ1) is 10.2. The molecule has 2 aromatic heterocycles. The number of carbonyl (C=O) groups is 1. The van der Waals surface area contributed by atoms with Crippen molar-refractivity contribution in [2.24, 2.45) is 5.92 Å². The molecule has 21 heavy (non-hydrogen) atoms. The van der Waals surface area contributed by atoms with Gasteiger partial charge in [-0.3, -0.25) is 4.90 Å². The summed E-state index contributed by atoms with van der Waals surface area (Å²) in [4.78, 5) is 14.9. The molecule has 1 unspecified atom stereocenters. The molecule has 0 aromatic carbocycles. The van der Waals surface area contributed by atoms with Gasteiger partial charge in [0.25, 0.3) is 0 Å². The molecule has 3 fully saturated rings. The molecule has 5 rings (SSSR count). The quantitative estimate of drug-likeness (QED) is 0.791. The molecule has 3 aliphatic rings. The second-order valence-corrected chi connectivity index (χ2v) is 6.10. The highest BCUT2D eigenvalue weighted by Gasteiger charge is 2.36. The van der Waals surface area contributed by atoms with Gasteiger partial charge in [-0.05, 0) is 50.9 Å². The van der Waals surface area contributed by atoms with Crippen LogP contribution in [0.1, 0.15) is 28.9 Å². The SMILES string of the molecule is Cc1cccc2c(C(=O)OC3CN4CCC3CC4)cnn12. The van der Waals surface area contributed by atoms with E-state index >= 15 is 0 Å². The summed E-state index contributed by atoms with van der Waals surface area (Å²) >= 11 is 0. The lowest BCUT2D eigenvalue weighted by atomic mass is 9.86. The Hall–Kier alpha value is -1.88. The van der Waals surface area contributed by atoms with Crippen molar-refractivity contribution in [2.75, 3.05) is 19.6 Å². The van der Waals surface area contributed by atoms with E-state index in [0.717, 1.165) is 43.7 Å². The molecule has 0 saturated carbocycles. The Morgan fingerprint density at radius 2 is 2.14 bits per heavy atom. The number of ether oxygens (including phenoxy) is 1. The minimum Gasteiger partial charge on any atom is -0.457 e. The minimum absolute atomic E-state index is 0.0414. The number of hydrogen-bond donors (Lipinski definition) is 0. The van der Waals surface area contributed by atoms with E-state index in [1.54, 1.807) is 10.7 Å². The highest BCUT2D eigenvalue weighted by molar-refractivity contribution is 5.96. The first kappa shape index (κ1) is 12.8. The Kier molecular flexibility index (Phi) is 2.96. The predicted octanol–water partition coefficient (Wildman–Crippen LogP) is 1.89. The van der Waals surface area contributed by atoms with Gasteiger partial charge in [-0.15, -0.1) is 0 Å². The molecule has 0 aliphatic carbocycles. The van der Waals surface area contributed by atoms with Gasteiger partial charge in [0.15, 0.2) is 0 Å². The Labute approximate surface area is 123 Å². The predicted molar refractivity (Wildman–Crippen MR) is 78.3 cm³/mol. The summed E-state index contributed by atoms with van der Waals surface area (Å²) < 4.78 is 7.57. The average Bonchev–Trinajstić information content (AvgIpc) is 2.94. The standard InChI is InChI=1S/C16H19N3O2/c1-11-3-2-4-14-13(9-17-19(11)14)16(20)21-15-10-18-7-5-12(15)6-8-18/h2-4,9,12,15H,5-8,10H2,1H3. The van der Waals surface area contributed by atoms with Crippen molar-refractivity contribution in [3.8, 4) is 0 Å². The molecule has 2 aromatic rings. The molecule has 3 aliphatic heterocycles. The van der Waals surface area contributed by atoms with Crippen molar-refractivity contribution in [1.82, 2.24) is 14.5 Å². The lowest BCUT2D eigenvalue weighted by Gasteiger charge is -2.43. The zero-order chi connectivity index (χ0) is 14.4. The number of aryl methyl sites for hydroxylation is 1. The zero-order valence-electron chi connectivity index (χ0n) is 12.2. The number of fused-ring (bicyclic) bond motifs is 4. The van der Waals surface area contributed by atoms with Crippen molar-refractivity contribution < 1.29 is 9.53 Å². The van der Waals surface area contributed by atoms with Crippen LogP contribution in [0.25, 0.3) is 5.52 Å². The summed E-state index contributed by atoms with van der Waals surface area (Å²) in [6, 6.07) is 5.83. The highest BCUT2D eigenvalue weighted by atomic mass is 16.5. The summed E-state index contributed by atoms with van der Waals surface area (Å²) in [6.07, 6.45) is 3.95. The van der Waals surface area contributed by atoms with E-state index < -0.39 is 0 Å². The molecule has 0 radical (unpaired) electrons. The number of carbonyl (C=O) groups excluding carboxylic acids is 1. The molecule has 5 nitrogen and oxygen atoms in total. The summed E-state index contributed by atoms with van der Waals surface area (Å²) in [5, 5.41) is 4.29. The van der Waals surface area contributed by atoms with Gasteiger partial charge >= 0.3 is 5.97 Å². The Morgan fingerprint density at radius 1 is 1.33 bits per heavy atom. The van der Waals surface area contributed by atoms with Crippen molar-refractivity contribution in [3.63, 3.8) is 0 Å². The maximum absolute atomic E-state index is 12.5. The topological polar surface area (TPSA) is 46.8 Å². The summed E-state index contributed by atoms with van der Waals surface area (Å²) in [6.45, 7) is 5.15. The van der Waals surface area contributed by atoms with Crippen LogP contribution in [0.5, 0.6) is 0 Å². The normalized spacial score (nSPS) is 28.0. The summed E-state index contributed by atoms with van der Waals surface area (Å²) in [5.41, 5.74) is 2.39. The molecular formula is C16H19N3O2. The Morgan fingerprint density at radius 3 is 2.86 bits per heavy atom. The Bertz CT molecular complexity index is 686. The van der Waals surface area contributed by atoms with Crippen LogP contribution < -0.4 is 0 Å². The van der Waals surface area contributed by atoms with Crippen LogP contribution in [0.4, 0.5) is 0 Å². The van der Waals surface area contributed by atoms with Gasteiger partial charge in [0.1, 0.15) is 11.7 Å². The van der Waals surface area contributed by atoms with Gasteiger partial charge in [0.2, 0.25) is 0 Å². The number of aromatic nitrogens is 2. The molecule has 2 bridgehead atoms.